The zero-order valence-corrected chi connectivity index (χ0v) is 16.0. The molecule has 0 aliphatic heterocycles. The van der Waals surface area contributed by atoms with Gasteiger partial charge in [-0.3, -0.25) is 9.10 Å². The fraction of sp³-hybridized carbons (Fsp3) is 0.188. The Morgan fingerprint density at radius 1 is 1.12 bits per heavy atom. The van der Waals surface area contributed by atoms with E-state index in [0.29, 0.717) is 0 Å². The number of carbonyl (C=O) groups is 1. The van der Waals surface area contributed by atoms with Crippen LogP contribution in [0.3, 0.4) is 0 Å². The third kappa shape index (κ3) is 4.63. The molecule has 0 fully saturated rings. The topological polar surface area (TPSA) is 66.5 Å². The van der Waals surface area contributed by atoms with Gasteiger partial charge >= 0.3 is 0 Å². The molecule has 1 N–H and O–H groups in total. The maximum Gasteiger partial charge on any atom is 0.247 e. The Kier molecular flexibility index (Phi) is 6.10. The molecular weight excluding hydrogens is 409 g/mol. The van der Waals surface area contributed by atoms with Crippen LogP contribution >= 0.6 is 23.2 Å². The third-order valence-electron chi connectivity index (χ3n) is 3.42. The van der Waals surface area contributed by atoms with Crippen molar-refractivity contribution in [3.63, 3.8) is 0 Å². The van der Waals surface area contributed by atoms with Gasteiger partial charge in [-0.15, -0.1) is 0 Å². The van der Waals surface area contributed by atoms with Gasteiger partial charge in [0.1, 0.15) is 6.04 Å². The van der Waals surface area contributed by atoms with E-state index in [4.69, 9.17) is 23.2 Å². The SMILES string of the molecule is CC(C(=O)Nc1ccc(F)c(F)c1)N(c1cc(Cl)ccc1Cl)S(C)(=O)=O. The molecule has 0 spiro atoms. The highest BCUT2D eigenvalue weighted by Gasteiger charge is 2.31. The predicted octanol–water partition coefficient (Wildman–Crippen LogP) is 4.06. The molecule has 5 nitrogen and oxygen atoms in total. The number of hydrogen-bond donors (Lipinski definition) is 1. The first kappa shape index (κ1) is 20.4. The fourth-order valence-corrected chi connectivity index (χ4v) is 3.86. The molecule has 1 atom stereocenters. The van der Waals surface area contributed by atoms with E-state index in [0.717, 1.165) is 28.8 Å². The summed E-state index contributed by atoms with van der Waals surface area (Å²) in [6.07, 6.45) is 0.908. The van der Waals surface area contributed by atoms with Crippen molar-refractivity contribution in [3.8, 4) is 0 Å². The molecule has 140 valence electrons. The van der Waals surface area contributed by atoms with Crippen LogP contribution in [0.15, 0.2) is 36.4 Å². The number of halogens is 4. The lowest BCUT2D eigenvalue weighted by atomic mass is 10.2. The summed E-state index contributed by atoms with van der Waals surface area (Å²) in [5, 5.41) is 2.64. The molecule has 0 saturated carbocycles. The number of sulfonamides is 1. The molecule has 0 aliphatic rings. The van der Waals surface area contributed by atoms with Crippen LogP contribution in [-0.2, 0) is 14.8 Å². The summed E-state index contributed by atoms with van der Waals surface area (Å²) in [5.41, 5.74) is 0.000922. The Morgan fingerprint density at radius 3 is 2.35 bits per heavy atom. The van der Waals surface area contributed by atoms with Crippen LogP contribution in [0.4, 0.5) is 20.2 Å². The number of carbonyl (C=O) groups excluding carboxylic acids is 1. The minimum Gasteiger partial charge on any atom is -0.324 e. The zero-order chi connectivity index (χ0) is 19.6. The van der Waals surface area contributed by atoms with Crippen molar-refractivity contribution < 1.29 is 22.0 Å². The molecule has 2 rings (SSSR count). The van der Waals surface area contributed by atoms with Crippen LogP contribution in [0, 0.1) is 11.6 Å². The Bertz CT molecular complexity index is 955. The monoisotopic (exact) mass is 422 g/mol. The van der Waals surface area contributed by atoms with Gasteiger partial charge in [0.25, 0.3) is 0 Å². The van der Waals surface area contributed by atoms with Crippen LogP contribution in [0.25, 0.3) is 0 Å². The minimum atomic E-state index is -3.91. The lowest BCUT2D eigenvalue weighted by molar-refractivity contribution is -0.116. The van der Waals surface area contributed by atoms with Crippen molar-refractivity contribution in [2.45, 2.75) is 13.0 Å². The molecular formula is C16H14Cl2F2N2O3S. The highest BCUT2D eigenvalue weighted by Crippen LogP contribution is 2.32. The van der Waals surface area contributed by atoms with Gasteiger partial charge in [0.2, 0.25) is 15.9 Å². The maximum absolute atomic E-state index is 13.3. The quantitative estimate of drug-likeness (QED) is 0.789. The van der Waals surface area contributed by atoms with Gasteiger partial charge in [-0.25, -0.2) is 17.2 Å². The number of nitrogens with zero attached hydrogens (tertiary/aromatic N) is 1. The Balaban J connectivity index is 2.37. The van der Waals surface area contributed by atoms with Crippen molar-refractivity contribution in [1.29, 1.82) is 0 Å². The first-order valence-corrected chi connectivity index (χ1v) is 9.81. The van der Waals surface area contributed by atoms with E-state index in [9.17, 15) is 22.0 Å². The van der Waals surface area contributed by atoms with Crippen molar-refractivity contribution in [1.82, 2.24) is 0 Å². The lowest BCUT2D eigenvalue weighted by Crippen LogP contribution is -2.45. The number of hydrogen-bond acceptors (Lipinski definition) is 3. The molecule has 26 heavy (non-hydrogen) atoms. The second-order valence-electron chi connectivity index (χ2n) is 5.45. The van der Waals surface area contributed by atoms with Crippen molar-refractivity contribution >= 4 is 50.5 Å². The van der Waals surface area contributed by atoms with Crippen LogP contribution in [0.5, 0.6) is 0 Å². The molecule has 1 amide bonds. The van der Waals surface area contributed by atoms with Gasteiger partial charge in [-0.05, 0) is 37.3 Å². The van der Waals surface area contributed by atoms with Crippen molar-refractivity contribution in [2.24, 2.45) is 0 Å². The van der Waals surface area contributed by atoms with Gasteiger partial charge in [0.05, 0.1) is 17.0 Å². The van der Waals surface area contributed by atoms with E-state index in [2.05, 4.69) is 5.32 Å². The van der Waals surface area contributed by atoms with Crippen molar-refractivity contribution in [3.05, 3.63) is 58.1 Å². The largest absolute Gasteiger partial charge is 0.324 e. The van der Waals surface area contributed by atoms with Crippen LogP contribution < -0.4 is 9.62 Å². The normalized spacial score (nSPS) is 12.5. The number of amides is 1. The average molecular weight is 423 g/mol. The van der Waals surface area contributed by atoms with E-state index in [1.807, 2.05) is 0 Å². The van der Waals surface area contributed by atoms with E-state index in [1.54, 1.807) is 0 Å². The zero-order valence-electron chi connectivity index (χ0n) is 13.6. The molecule has 0 radical (unpaired) electrons. The first-order valence-electron chi connectivity index (χ1n) is 7.21. The fourth-order valence-electron chi connectivity index (χ4n) is 2.26. The van der Waals surface area contributed by atoms with E-state index in [-0.39, 0.29) is 21.4 Å². The first-order chi connectivity index (χ1) is 12.0. The lowest BCUT2D eigenvalue weighted by Gasteiger charge is -2.29. The van der Waals surface area contributed by atoms with Crippen LogP contribution in [-0.4, -0.2) is 26.6 Å². The van der Waals surface area contributed by atoms with Crippen LogP contribution in [0.2, 0.25) is 10.0 Å². The van der Waals surface area contributed by atoms with E-state index in [1.165, 1.54) is 25.1 Å². The third-order valence-corrected chi connectivity index (χ3v) is 5.20. The number of anilines is 2. The summed E-state index contributed by atoms with van der Waals surface area (Å²) < 4.78 is 51.5. The number of benzene rings is 2. The second kappa shape index (κ2) is 7.77. The molecule has 2 aromatic carbocycles. The molecule has 10 heteroatoms. The van der Waals surface area contributed by atoms with E-state index < -0.39 is 33.6 Å². The van der Waals surface area contributed by atoms with Gasteiger partial charge < -0.3 is 5.32 Å². The predicted molar refractivity (Wildman–Crippen MR) is 98.2 cm³/mol. The molecule has 0 saturated heterocycles. The molecule has 0 bridgehead atoms. The average Bonchev–Trinajstić information content (AvgIpc) is 2.53. The summed E-state index contributed by atoms with van der Waals surface area (Å²) in [6.45, 7) is 1.33. The minimum absolute atomic E-state index is 0.0219. The smallest absolute Gasteiger partial charge is 0.247 e. The van der Waals surface area contributed by atoms with Crippen molar-refractivity contribution in [2.75, 3.05) is 15.9 Å². The number of rotatable bonds is 5. The number of nitrogens with one attached hydrogen (secondary N) is 1. The Morgan fingerprint density at radius 2 is 1.77 bits per heavy atom. The van der Waals surface area contributed by atoms with Gasteiger partial charge in [-0.2, -0.15) is 0 Å². The summed E-state index contributed by atoms with van der Waals surface area (Å²) in [5.74, 6) is -2.98. The molecule has 0 heterocycles. The summed E-state index contributed by atoms with van der Waals surface area (Å²) in [6, 6.07) is 5.73. The summed E-state index contributed by atoms with van der Waals surface area (Å²) in [7, 11) is -3.91. The summed E-state index contributed by atoms with van der Waals surface area (Å²) in [4.78, 5) is 12.5. The summed E-state index contributed by atoms with van der Waals surface area (Å²) >= 11 is 12.0. The van der Waals surface area contributed by atoms with Gasteiger partial charge in [-0.1, -0.05) is 23.2 Å². The van der Waals surface area contributed by atoms with Gasteiger partial charge in [0.15, 0.2) is 11.6 Å². The molecule has 0 aliphatic carbocycles. The van der Waals surface area contributed by atoms with E-state index >= 15 is 0 Å². The standard InChI is InChI=1S/C16H14Cl2F2N2O3S/c1-9(16(23)21-11-4-6-13(19)14(20)8-11)22(26(2,24)25)15-7-10(17)3-5-12(15)18/h3-9H,1-2H3,(H,21,23). The molecule has 1 unspecified atom stereocenters. The van der Waals surface area contributed by atoms with Crippen LogP contribution in [0.1, 0.15) is 6.92 Å². The highest BCUT2D eigenvalue weighted by molar-refractivity contribution is 7.92. The van der Waals surface area contributed by atoms with Gasteiger partial charge in [0, 0.05) is 16.8 Å². The maximum atomic E-state index is 13.3. The Labute approximate surface area is 159 Å². The Hall–Kier alpha value is -1.90. The second-order valence-corrected chi connectivity index (χ2v) is 8.15. The molecule has 2 aromatic rings. The molecule has 0 aromatic heterocycles. The highest BCUT2D eigenvalue weighted by atomic mass is 35.5.